The van der Waals surface area contributed by atoms with Gasteiger partial charge in [-0.15, -0.1) is 11.3 Å². The van der Waals surface area contributed by atoms with Gasteiger partial charge < -0.3 is 4.74 Å². The number of hydrogen-bond acceptors (Lipinski definition) is 5. The van der Waals surface area contributed by atoms with E-state index in [1.165, 1.54) is 36.6 Å². The maximum absolute atomic E-state index is 13.3. The molecule has 0 aliphatic heterocycles. The molecule has 0 radical (unpaired) electrons. The van der Waals surface area contributed by atoms with Gasteiger partial charge in [0.25, 0.3) is 10.0 Å². The first-order valence-electron chi connectivity index (χ1n) is 7.38. The molecule has 9 heteroatoms. The molecule has 2 aromatic carbocycles. The summed E-state index contributed by atoms with van der Waals surface area (Å²) in [6.07, 6.45) is 0. The van der Waals surface area contributed by atoms with Crippen molar-refractivity contribution in [2.75, 3.05) is 11.8 Å². The average Bonchev–Trinajstić information content (AvgIpc) is 3.04. The van der Waals surface area contributed by atoms with Crippen LogP contribution in [0.2, 0.25) is 5.02 Å². The van der Waals surface area contributed by atoms with E-state index in [0.29, 0.717) is 11.3 Å². The Bertz CT molecular complexity index is 1070. The third-order valence-corrected chi connectivity index (χ3v) is 6.01. The van der Waals surface area contributed by atoms with Crippen molar-refractivity contribution >= 4 is 38.6 Å². The number of aromatic nitrogens is 1. The lowest BCUT2D eigenvalue weighted by Crippen LogP contribution is -2.14. The Morgan fingerprint density at radius 3 is 2.62 bits per heavy atom. The normalized spacial score (nSPS) is 11.4. The summed E-state index contributed by atoms with van der Waals surface area (Å²) in [5.41, 5.74) is 1.47. The van der Waals surface area contributed by atoms with Gasteiger partial charge in [-0.3, -0.25) is 4.72 Å². The quantitative estimate of drug-likeness (QED) is 0.658. The first-order chi connectivity index (χ1) is 12.3. The van der Waals surface area contributed by atoms with Crippen molar-refractivity contribution < 1.29 is 17.5 Å². The highest BCUT2D eigenvalue weighted by Gasteiger charge is 2.21. The second-order valence-corrected chi connectivity index (χ2v) is 8.47. The number of nitrogens with one attached hydrogen (secondary N) is 1. The van der Waals surface area contributed by atoms with Crippen molar-refractivity contribution in [2.24, 2.45) is 0 Å². The fourth-order valence-corrected chi connectivity index (χ4v) is 4.36. The van der Waals surface area contributed by atoms with Crippen LogP contribution < -0.4 is 9.46 Å². The number of sulfonamides is 1. The summed E-state index contributed by atoms with van der Waals surface area (Å²) in [4.78, 5) is 4.32. The predicted octanol–water partition coefficient (Wildman–Crippen LogP) is 4.72. The smallest absolute Gasteiger partial charge is 0.265 e. The van der Waals surface area contributed by atoms with Gasteiger partial charge in [0.1, 0.15) is 16.5 Å². The van der Waals surface area contributed by atoms with E-state index in [1.807, 2.05) is 12.3 Å². The molecule has 26 heavy (non-hydrogen) atoms. The molecule has 0 saturated carbocycles. The van der Waals surface area contributed by atoms with Gasteiger partial charge in [-0.05, 0) is 43.3 Å². The maximum Gasteiger partial charge on any atom is 0.265 e. The van der Waals surface area contributed by atoms with Gasteiger partial charge in [-0.1, -0.05) is 11.6 Å². The van der Waals surface area contributed by atoms with Gasteiger partial charge >= 0.3 is 0 Å². The summed E-state index contributed by atoms with van der Waals surface area (Å²) >= 11 is 7.18. The molecule has 3 aromatic rings. The van der Waals surface area contributed by atoms with Crippen molar-refractivity contribution in [3.63, 3.8) is 0 Å². The molecule has 0 amide bonds. The van der Waals surface area contributed by atoms with Gasteiger partial charge in [0.2, 0.25) is 0 Å². The minimum absolute atomic E-state index is 0.0522. The number of anilines is 1. The molecule has 0 aliphatic carbocycles. The SMILES string of the molecule is COc1ccc(-c2csc(C)n2)cc1S(=O)(=O)Nc1ccc(F)c(Cl)c1. The van der Waals surface area contributed by atoms with E-state index in [4.69, 9.17) is 16.3 Å². The Morgan fingerprint density at radius 1 is 1.23 bits per heavy atom. The molecule has 1 N–H and O–H groups in total. The largest absolute Gasteiger partial charge is 0.495 e. The highest BCUT2D eigenvalue weighted by atomic mass is 35.5. The summed E-state index contributed by atoms with van der Waals surface area (Å²) in [6, 6.07) is 8.37. The number of methoxy groups -OCH3 is 1. The standard InChI is InChI=1S/C17H14ClFN2O3S2/c1-10-20-15(9-25-10)11-3-6-16(24-2)17(7-11)26(22,23)21-12-4-5-14(19)13(18)8-12/h3-9,21H,1-2H3. The van der Waals surface area contributed by atoms with Gasteiger partial charge in [0, 0.05) is 10.9 Å². The first kappa shape index (κ1) is 18.6. The molecule has 0 aliphatic rings. The highest BCUT2D eigenvalue weighted by Crippen LogP contribution is 2.32. The summed E-state index contributed by atoms with van der Waals surface area (Å²) in [6.45, 7) is 1.87. The molecular formula is C17H14ClFN2O3S2. The average molecular weight is 413 g/mol. The first-order valence-corrected chi connectivity index (χ1v) is 10.1. The summed E-state index contributed by atoms with van der Waals surface area (Å²) in [7, 11) is -2.61. The van der Waals surface area contributed by atoms with Crippen LogP contribution in [0.25, 0.3) is 11.3 Å². The third-order valence-electron chi connectivity index (χ3n) is 3.54. The van der Waals surface area contributed by atoms with Crippen LogP contribution >= 0.6 is 22.9 Å². The zero-order chi connectivity index (χ0) is 18.9. The number of ether oxygens (including phenoxy) is 1. The molecule has 0 bridgehead atoms. The van der Waals surface area contributed by atoms with E-state index >= 15 is 0 Å². The van der Waals surface area contributed by atoms with Crippen molar-refractivity contribution in [1.29, 1.82) is 0 Å². The maximum atomic E-state index is 13.3. The lowest BCUT2D eigenvalue weighted by molar-refractivity contribution is 0.403. The Labute approximate surface area is 159 Å². The Hall–Kier alpha value is -2.16. The van der Waals surface area contributed by atoms with E-state index < -0.39 is 15.8 Å². The van der Waals surface area contributed by atoms with Crippen LogP contribution in [0.5, 0.6) is 5.75 Å². The van der Waals surface area contributed by atoms with Crippen molar-refractivity contribution in [3.8, 4) is 17.0 Å². The molecular weight excluding hydrogens is 399 g/mol. The van der Waals surface area contributed by atoms with Gasteiger partial charge in [-0.2, -0.15) is 0 Å². The van der Waals surface area contributed by atoms with E-state index in [0.717, 1.165) is 11.1 Å². The van der Waals surface area contributed by atoms with Crippen molar-refractivity contribution in [1.82, 2.24) is 4.98 Å². The molecule has 0 saturated heterocycles. The molecule has 3 rings (SSSR count). The minimum Gasteiger partial charge on any atom is -0.495 e. The highest BCUT2D eigenvalue weighted by molar-refractivity contribution is 7.92. The Kier molecular flexibility index (Phi) is 5.17. The lowest BCUT2D eigenvalue weighted by Gasteiger charge is -2.13. The van der Waals surface area contributed by atoms with Crippen molar-refractivity contribution in [3.05, 3.63) is 57.6 Å². The summed E-state index contributed by atoms with van der Waals surface area (Å²) in [5.74, 6) is -0.450. The number of benzene rings is 2. The number of thiazole rings is 1. The number of aryl methyl sites for hydroxylation is 1. The lowest BCUT2D eigenvalue weighted by atomic mass is 10.2. The number of hydrogen-bond donors (Lipinski definition) is 1. The van der Waals surface area contributed by atoms with Crippen LogP contribution in [0, 0.1) is 12.7 Å². The van der Waals surface area contributed by atoms with Gasteiger partial charge in [-0.25, -0.2) is 17.8 Å². The van der Waals surface area contributed by atoms with E-state index in [9.17, 15) is 12.8 Å². The van der Waals surface area contributed by atoms with Crippen LogP contribution in [0.3, 0.4) is 0 Å². The number of rotatable bonds is 5. The van der Waals surface area contributed by atoms with E-state index in [2.05, 4.69) is 9.71 Å². The molecule has 0 unspecified atom stereocenters. The predicted molar refractivity (Wildman–Crippen MR) is 101 cm³/mol. The van der Waals surface area contributed by atoms with E-state index in [-0.39, 0.29) is 21.4 Å². The second kappa shape index (κ2) is 7.22. The van der Waals surface area contributed by atoms with Crippen LogP contribution in [0.15, 0.2) is 46.7 Å². The van der Waals surface area contributed by atoms with Crippen LogP contribution in [0.4, 0.5) is 10.1 Å². The number of nitrogens with zero attached hydrogens (tertiary/aromatic N) is 1. The zero-order valence-corrected chi connectivity index (χ0v) is 16.2. The Morgan fingerprint density at radius 2 is 2.00 bits per heavy atom. The monoisotopic (exact) mass is 412 g/mol. The van der Waals surface area contributed by atoms with Crippen LogP contribution in [-0.2, 0) is 10.0 Å². The molecule has 0 spiro atoms. The summed E-state index contributed by atoms with van der Waals surface area (Å²) in [5, 5.41) is 2.55. The fourth-order valence-electron chi connectivity index (χ4n) is 2.31. The molecule has 0 fully saturated rings. The fraction of sp³-hybridized carbons (Fsp3) is 0.118. The molecule has 0 atom stereocenters. The zero-order valence-electron chi connectivity index (χ0n) is 13.8. The van der Waals surface area contributed by atoms with E-state index in [1.54, 1.807) is 12.1 Å². The second-order valence-electron chi connectivity index (χ2n) is 5.35. The molecule has 1 heterocycles. The van der Waals surface area contributed by atoms with Crippen molar-refractivity contribution in [2.45, 2.75) is 11.8 Å². The third kappa shape index (κ3) is 3.82. The molecule has 136 valence electrons. The van der Waals surface area contributed by atoms with Gasteiger partial charge in [0.15, 0.2) is 0 Å². The Balaban J connectivity index is 2.03. The van der Waals surface area contributed by atoms with Gasteiger partial charge in [0.05, 0.1) is 28.5 Å². The topological polar surface area (TPSA) is 68.3 Å². The van der Waals surface area contributed by atoms with Crippen LogP contribution in [-0.4, -0.2) is 20.5 Å². The van der Waals surface area contributed by atoms with Crippen LogP contribution in [0.1, 0.15) is 5.01 Å². The summed E-state index contributed by atoms with van der Waals surface area (Å²) < 4.78 is 46.5. The molecule has 1 aromatic heterocycles. The number of halogens is 2. The minimum atomic E-state index is -3.99. The molecule has 5 nitrogen and oxygen atoms in total.